The standard InChI is InChI=1S/C21H27N3O3/c1-24(2)18(14-8-10-16(27-3)11-9-14)13-22-21(26)23-20-17-7-5-4-6-15(17)12-19(20)25/h4-11,18-20,25H,12-13H2,1-3H3,(H2,22,23,26). The fourth-order valence-corrected chi connectivity index (χ4v) is 3.55. The minimum absolute atomic E-state index is 0.0300. The number of fused-ring (bicyclic) bond motifs is 1. The van der Waals surface area contributed by atoms with Gasteiger partial charge in [-0.1, -0.05) is 36.4 Å². The van der Waals surface area contributed by atoms with Gasteiger partial charge in [-0.05, 0) is 42.9 Å². The Morgan fingerprint density at radius 2 is 1.93 bits per heavy atom. The van der Waals surface area contributed by atoms with Gasteiger partial charge >= 0.3 is 6.03 Å². The van der Waals surface area contributed by atoms with Crippen LogP contribution >= 0.6 is 0 Å². The number of carbonyl (C=O) groups excluding carboxylic acids is 1. The number of aliphatic hydroxyl groups is 1. The molecular formula is C21H27N3O3. The molecule has 1 aliphatic rings. The molecule has 6 nitrogen and oxygen atoms in total. The molecule has 2 aromatic carbocycles. The first-order valence-electron chi connectivity index (χ1n) is 9.10. The molecule has 144 valence electrons. The highest BCUT2D eigenvalue weighted by molar-refractivity contribution is 5.75. The molecule has 3 N–H and O–H groups in total. The molecule has 2 aromatic rings. The summed E-state index contributed by atoms with van der Waals surface area (Å²) in [4.78, 5) is 14.5. The Labute approximate surface area is 160 Å². The number of ether oxygens (including phenoxy) is 1. The van der Waals surface area contributed by atoms with E-state index in [0.717, 1.165) is 22.4 Å². The predicted octanol–water partition coefficient (Wildman–Crippen LogP) is 2.26. The molecule has 0 bridgehead atoms. The van der Waals surface area contributed by atoms with Crippen molar-refractivity contribution in [3.8, 4) is 5.75 Å². The monoisotopic (exact) mass is 369 g/mol. The smallest absolute Gasteiger partial charge is 0.315 e. The molecule has 0 spiro atoms. The van der Waals surface area contributed by atoms with Gasteiger partial charge in [-0.25, -0.2) is 4.79 Å². The quantitative estimate of drug-likeness (QED) is 0.730. The third kappa shape index (κ3) is 4.40. The highest BCUT2D eigenvalue weighted by Crippen LogP contribution is 2.31. The second-order valence-electron chi connectivity index (χ2n) is 7.05. The van der Waals surface area contributed by atoms with Gasteiger partial charge < -0.3 is 25.4 Å². The third-order valence-electron chi connectivity index (χ3n) is 5.07. The number of urea groups is 1. The summed E-state index contributed by atoms with van der Waals surface area (Å²) in [5.41, 5.74) is 3.16. The molecule has 27 heavy (non-hydrogen) atoms. The van der Waals surface area contributed by atoms with Gasteiger partial charge in [0, 0.05) is 13.0 Å². The first-order valence-corrected chi connectivity index (χ1v) is 9.10. The van der Waals surface area contributed by atoms with Crippen molar-refractivity contribution < 1.29 is 14.6 Å². The lowest BCUT2D eigenvalue weighted by atomic mass is 10.1. The number of amides is 2. The van der Waals surface area contributed by atoms with Crippen LogP contribution in [0.5, 0.6) is 5.75 Å². The molecule has 3 rings (SSSR count). The number of likely N-dealkylation sites (N-methyl/N-ethyl adjacent to an activating group) is 1. The number of hydrogen-bond donors (Lipinski definition) is 3. The molecule has 6 heteroatoms. The number of benzene rings is 2. The lowest BCUT2D eigenvalue weighted by Gasteiger charge is -2.26. The Hall–Kier alpha value is -2.57. The van der Waals surface area contributed by atoms with Crippen molar-refractivity contribution in [2.24, 2.45) is 0 Å². The van der Waals surface area contributed by atoms with E-state index in [2.05, 4.69) is 15.5 Å². The average molecular weight is 369 g/mol. The van der Waals surface area contributed by atoms with Crippen LogP contribution in [0.2, 0.25) is 0 Å². The molecule has 1 aliphatic carbocycles. The predicted molar refractivity (Wildman–Crippen MR) is 105 cm³/mol. The SMILES string of the molecule is COc1ccc(C(CNC(=O)NC2c3ccccc3CC2O)N(C)C)cc1. The Bertz CT molecular complexity index is 776. The summed E-state index contributed by atoms with van der Waals surface area (Å²) in [6.07, 6.45) is -0.0350. The average Bonchev–Trinajstić information content (AvgIpc) is 2.97. The van der Waals surface area contributed by atoms with Gasteiger partial charge in [0.2, 0.25) is 0 Å². The maximum Gasteiger partial charge on any atom is 0.315 e. The molecule has 3 atom stereocenters. The molecule has 0 heterocycles. The van der Waals surface area contributed by atoms with E-state index in [-0.39, 0.29) is 18.1 Å². The van der Waals surface area contributed by atoms with E-state index in [1.165, 1.54) is 0 Å². The van der Waals surface area contributed by atoms with Crippen LogP contribution in [0.4, 0.5) is 4.79 Å². The Balaban J connectivity index is 1.61. The van der Waals surface area contributed by atoms with Crippen LogP contribution in [0.15, 0.2) is 48.5 Å². The van der Waals surface area contributed by atoms with Crippen molar-refractivity contribution in [2.45, 2.75) is 24.6 Å². The minimum atomic E-state index is -0.598. The molecule has 0 fully saturated rings. The topological polar surface area (TPSA) is 73.8 Å². The van der Waals surface area contributed by atoms with E-state index in [9.17, 15) is 9.90 Å². The Morgan fingerprint density at radius 3 is 2.59 bits per heavy atom. The van der Waals surface area contributed by atoms with E-state index in [1.807, 2.05) is 62.6 Å². The van der Waals surface area contributed by atoms with Crippen molar-refractivity contribution in [3.63, 3.8) is 0 Å². The first-order chi connectivity index (χ1) is 13.0. The maximum absolute atomic E-state index is 12.4. The van der Waals surface area contributed by atoms with E-state index >= 15 is 0 Å². The fourth-order valence-electron chi connectivity index (χ4n) is 3.55. The van der Waals surface area contributed by atoms with Crippen molar-refractivity contribution in [1.29, 1.82) is 0 Å². The normalized spacial score (nSPS) is 19.4. The van der Waals surface area contributed by atoms with Crippen LogP contribution in [0.3, 0.4) is 0 Å². The highest BCUT2D eigenvalue weighted by atomic mass is 16.5. The van der Waals surface area contributed by atoms with E-state index in [0.29, 0.717) is 13.0 Å². The van der Waals surface area contributed by atoms with Gasteiger partial charge in [0.05, 0.1) is 25.3 Å². The van der Waals surface area contributed by atoms with Crippen LogP contribution in [0.1, 0.15) is 28.8 Å². The lowest BCUT2D eigenvalue weighted by molar-refractivity contribution is 0.142. The van der Waals surface area contributed by atoms with Gasteiger partial charge in [-0.2, -0.15) is 0 Å². The Kier molecular flexibility index (Phi) is 5.98. The van der Waals surface area contributed by atoms with Gasteiger partial charge in [0.15, 0.2) is 0 Å². The molecule has 0 aliphatic heterocycles. The molecule has 0 saturated carbocycles. The minimum Gasteiger partial charge on any atom is -0.497 e. The number of nitrogens with one attached hydrogen (secondary N) is 2. The third-order valence-corrected chi connectivity index (χ3v) is 5.07. The van der Waals surface area contributed by atoms with Crippen molar-refractivity contribution in [1.82, 2.24) is 15.5 Å². The zero-order chi connectivity index (χ0) is 19.4. The van der Waals surface area contributed by atoms with Crippen LogP contribution in [0, 0.1) is 0 Å². The van der Waals surface area contributed by atoms with Gasteiger partial charge in [-0.3, -0.25) is 0 Å². The van der Waals surface area contributed by atoms with Gasteiger partial charge in [-0.15, -0.1) is 0 Å². The molecule has 0 radical (unpaired) electrons. The zero-order valence-electron chi connectivity index (χ0n) is 16.0. The number of aliphatic hydroxyl groups excluding tert-OH is 1. The number of rotatable bonds is 6. The summed E-state index contributed by atoms with van der Waals surface area (Å²) >= 11 is 0. The molecule has 3 unspecified atom stereocenters. The zero-order valence-corrected chi connectivity index (χ0v) is 16.0. The van der Waals surface area contributed by atoms with Crippen LogP contribution in [0.25, 0.3) is 0 Å². The van der Waals surface area contributed by atoms with Gasteiger partial charge in [0.1, 0.15) is 5.75 Å². The summed E-state index contributed by atoms with van der Waals surface area (Å²) in [6.45, 7) is 0.454. The molecular weight excluding hydrogens is 342 g/mol. The summed E-state index contributed by atoms with van der Waals surface area (Å²) in [5, 5.41) is 16.1. The summed E-state index contributed by atoms with van der Waals surface area (Å²) in [7, 11) is 5.59. The Morgan fingerprint density at radius 1 is 1.22 bits per heavy atom. The van der Waals surface area contributed by atoms with Crippen LogP contribution in [-0.4, -0.2) is 49.9 Å². The summed E-state index contributed by atoms with van der Waals surface area (Å²) in [6, 6.07) is 15.0. The number of methoxy groups -OCH3 is 1. The molecule has 0 saturated heterocycles. The van der Waals surface area contributed by atoms with Crippen molar-refractivity contribution in [3.05, 3.63) is 65.2 Å². The number of carbonyl (C=O) groups is 1. The number of hydrogen-bond acceptors (Lipinski definition) is 4. The highest BCUT2D eigenvalue weighted by Gasteiger charge is 2.32. The summed E-state index contributed by atoms with van der Waals surface area (Å²) in [5.74, 6) is 0.802. The van der Waals surface area contributed by atoms with E-state index in [1.54, 1.807) is 7.11 Å². The van der Waals surface area contributed by atoms with Crippen molar-refractivity contribution >= 4 is 6.03 Å². The van der Waals surface area contributed by atoms with Crippen molar-refractivity contribution in [2.75, 3.05) is 27.7 Å². The number of nitrogens with zero attached hydrogens (tertiary/aromatic N) is 1. The molecule has 0 aromatic heterocycles. The van der Waals surface area contributed by atoms with E-state index < -0.39 is 6.10 Å². The second-order valence-corrected chi connectivity index (χ2v) is 7.05. The summed E-state index contributed by atoms with van der Waals surface area (Å²) < 4.78 is 5.20. The second kappa shape index (κ2) is 8.41. The first kappa shape index (κ1) is 19.2. The fraction of sp³-hybridized carbons (Fsp3) is 0.381. The van der Waals surface area contributed by atoms with Crippen LogP contribution < -0.4 is 15.4 Å². The maximum atomic E-state index is 12.4. The lowest BCUT2D eigenvalue weighted by Crippen LogP contribution is -2.43. The van der Waals surface area contributed by atoms with Gasteiger partial charge in [0.25, 0.3) is 0 Å². The largest absolute Gasteiger partial charge is 0.497 e. The molecule has 2 amide bonds. The van der Waals surface area contributed by atoms with Crippen LogP contribution in [-0.2, 0) is 6.42 Å². The van der Waals surface area contributed by atoms with E-state index in [4.69, 9.17) is 4.74 Å².